The van der Waals surface area contributed by atoms with Crippen molar-refractivity contribution >= 4 is 22.2 Å². The molecule has 0 spiro atoms. The Morgan fingerprint density at radius 3 is 2.88 bits per heavy atom. The minimum absolute atomic E-state index is 0.166. The highest BCUT2D eigenvalue weighted by atomic mass is 32.1. The van der Waals surface area contributed by atoms with Crippen LogP contribution in [-0.4, -0.2) is 14.7 Å². The van der Waals surface area contributed by atoms with Crippen LogP contribution >= 0.6 is 11.3 Å². The van der Waals surface area contributed by atoms with Crippen LogP contribution in [0.3, 0.4) is 0 Å². The zero-order valence-corrected chi connectivity index (χ0v) is 10.3. The Labute approximate surface area is 102 Å². The maximum Gasteiger partial charge on any atom is 0.324 e. The van der Waals surface area contributed by atoms with Gasteiger partial charge in [-0.1, -0.05) is 11.3 Å². The molecule has 0 saturated heterocycles. The molecule has 2 aromatic rings. The number of nitro groups is 1. The minimum atomic E-state index is -0.376. The number of anilines is 1. The molecule has 1 N–H and O–H groups in total. The van der Waals surface area contributed by atoms with E-state index >= 15 is 0 Å². The maximum atomic E-state index is 10.5. The van der Waals surface area contributed by atoms with Crippen molar-refractivity contribution < 1.29 is 4.92 Å². The first kappa shape index (κ1) is 11.6. The van der Waals surface area contributed by atoms with Gasteiger partial charge in [0.15, 0.2) is 0 Å². The first-order chi connectivity index (χ1) is 8.06. The van der Waals surface area contributed by atoms with Gasteiger partial charge < -0.3 is 5.32 Å². The molecule has 0 aliphatic heterocycles. The summed E-state index contributed by atoms with van der Waals surface area (Å²) in [5, 5.41) is 18.1. The van der Waals surface area contributed by atoms with E-state index < -0.39 is 0 Å². The summed E-state index contributed by atoms with van der Waals surface area (Å²) in [6, 6.07) is 5.21. The quantitative estimate of drug-likeness (QED) is 0.669. The first-order valence-corrected chi connectivity index (χ1v) is 5.85. The predicted octanol–water partition coefficient (Wildman–Crippen LogP) is 2.31. The third-order valence-electron chi connectivity index (χ3n) is 2.38. The smallest absolute Gasteiger partial charge is 0.324 e. The summed E-state index contributed by atoms with van der Waals surface area (Å²) >= 11 is 1.18. The summed E-state index contributed by atoms with van der Waals surface area (Å²) in [6.45, 7) is 2.52. The third-order valence-corrected chi connectivity index (χ3v) is 3.42. The van der Waals surface area contributed by atoms with E-state index in [1.54, 1.807) is 10.7 Å². The fraction of sp³-hybridized carbons (Fsp3) is 0.300. The molecule has 0 bridgehead atoms. The van der Waals surface area contributed by atoms with Crippen molar-refractivity contribution in [2.45, 2.75) is 13.5 Å². The van der Waals surface area contributed by atoms with E-state index in [1.165, 1.54) is 17.4 Å². The van der Waals surface area contributed by atoms with Crippen molar-refractivity contribution in [3.05, 3.63) is 38.9 Å². The average molecular weight is 252 g/mol. The SMILES string of the molecule is Cc1cc(NCc2ccc([N+](=O)[O-])s2)nn1C. The third kappa shape index (κ3) is 2.62. The van der Waals surface area contributed by atoms with E-state index in [0.29, 0.717) is 6.54 Å². The van der Waals surface area contributed by atoms with Gasteiger partial charge in [-0.25, -0.2) is 0 Å². The lowest BCUT2D eigenvalue weighted by atomic mass is 10.4. The second kappa shape index (κ2) is 4.54. The molecule has 17 heavy (non-hydrogen) atoms. The number of thiophene rings is 1. The molecule has 0 aliphatic carbocycles. The van der Waals surface area contributed by atoms with Gasteiger partial charge >= 0.3 is 5.00 Å². The normalized spacial score (nSPS) is 10.5. The van der Waals surface area contributed by atoms with Crippen molar-refractivity contribution in [2.75, 3.05) is 5.32 Å². The van der Waals surface area contributed by atoms with Crippen molar-refractivity contribution in [1.82, 2.24) is 9.78 Å². The number of aromatic nitrogens is 2. The van der Waals surface area contributed by atoms with E-state index in [-0.39, 0.29) is 9.92 Å². The Morgan fingerprint density at radius 1 is 1.59 bits per heavy atom. The van der Waals surface area contributed by atoms with Gasteiger partial charge in [-0.15, -0.1) is 0 Å². The molecule has 0 saturated carbocycles. The molecule has 90 valence electrons. The van der Waals surface area contributed by atoms with E-state index in [9.17, 15) is 10.1 Å². The summed E-state index contributed by atoms with van der Waals surface area (Å²) in [7, 11) is 1.87. The molecule has 0 atom stereocenters. The summed E-state index contributed by atoms with van der Waals surface area (Å²) < 4.78 is 1.78. The lowest BCUT2D eigenvalue weighted by molar-refractivity contribution is -0.380. The van der Waals surface area contributed by atoms with Crippen molar-refractivity contribution in [3.63, 3.8) is 0 Å². The van der Waals surface area contributed by atoms with Gasteiger partial charge in [-0.2, -0.15) is 5.10 Å². The van der Waals surface area contributed by atoms with E-state index in [0.717, 1.165) is 16.4 Å². The number of rotatable bonds is 4. The van der Waals surface area contributed by atoms with Crippen LogP contribution in [-0.2, 0) is 13.6 Å². The van der Waals surface area contributed by atoms with Crippen LogP contribution in [0.1, 0.15) is 10.6 Å². The molecule has 0 fully saturated rings. The summed E-state index contributed by atoms with van der Waals surface area (Å²) in [6.07, 6.45) is 0. The zero-order chi connectivity index (χ0) is 12.4. The van der Waals surface area contributed by atoms with Gasteiger partial charge in [0.2, 0.25) is 0 Å². The Morgan fingerprint density at radius 2 is 2.35 bits per heavy atom. The van der Waals surface area contributed by atoms with Crippen molar-refractivity contribution in [1.29, 1.82) is 0 Å². The van der Waals surface area contributed by atoms with Gasteiger partial charge in [-0.3, -0.25) is 14.8 Å². The number of nitrogens with one attached hydrogen (secondary N) is 1. The Balaban J connectivity index is 1.99. The molecule has 2 heterocycles. The Bertz CT molecular complexity index is 527. The standard InChI is InChI=1S/C10H12N4O2S/c1-7-5-9(12-13(7)2)11-6-8-3-4-10(17-8)14(15)16/h3-5H,6H2,1-2H3,(H,11,12). The number of aryl methyl sites for hydroxylation is 2. The number of hydrogen-bond acceptors (Lipinski definition) is 5. The second-order valence-corrected chi connectivity index (χ2v) is 4.79. The summed E-state index contributed by atoms with van der Waals surface area (Å²) in [4.78, 5) is 11.1. The lowest BCUT2D eigenvalue weighted by Gasteiger charge is -1.98. The summed E-state index contributed by atoms with van der Waals surface area (Å²) in [5.41, 5.74) is 1.06. The molecule has 6 nitrogen and oxygen atoms in total. The van der Waals surface area contributed by atoms with Gasteiger partial charge in [-0.05, 0) is 13.0 Å². The molecular weight excluding hydrogens is 240 g/mol. The molecule has 2 rings (SSSR count). The summed E-state index contributed by atoms with van der Waals surface area (Å²) in [5.74, 6) is 0.779. The van der Waals surface area contributed by atoms with Crippen LogP contribution in [0.5, 0.6) is 0 Å². The maximum absolute atomic E-state index is 10.5. The highest BCUT2D eigenvalue weighted by Crippen LogP contribution is 2.24. The van der Waals surface area contributed by atoms with E-state index in [2.05, 4.69) is 10.4 Å². The lowest BCUT2D eigenvalue weighted by Crippen LogP contribution is -1.99. The van der Waals surface area contributed by atoms with Crippen LogP contribution in [0, 0.1) is 17.0 Å². The molecule has 2 aromatic heterocycles. The molecule has 0 aliphatic rings. The van der Waals surface area contributed by atoms with Crippen LogP contribution in [0.4, 0.5) is 10.8 Å². The molecular formula is C10H12N4O2S. The van der Waals surface area contributed by atoms with Gasteiger partial charge in [0.25, 0.3) is 0 Å². The molecule has 7 heteroatoms. The van der Waals surface area contributed by atoms with Gasteiger partial charge in [0.1, 0.15) is 5.82 Å². The molecule has 0 amide bonds. The van der Waals surface area contributed by atoms with Crippen LogP contribution < -0.4 is 5.32 Å². The molecule has 0 unspecified atom stereocenters. The van der Waals surface area contributed by atoms with Crippen LogP contribution in [0.25, 0.3) is 0 Å². The predicted molar refractivity (Wildman–Crippen MR) is 66.2 cm³/mol. The fourth-order valence-corrected chi connectivity index (χ4v) is 2.14. The zero-order valence-electron chi connectivity index (χ0n) is 9.51. The number of nitrogens with zero attached hydrogens (tertiary/aromatic N) is 3. The molecule has 0 aromatic carbocycles. The van der Waals surface area contributed by atoms with Crippen molar-refractivity contribution in [2.24, 2.45) is 7.05 Å². The van der Waals surface area contributed by atoms with Gasteiger partial charge in [0.05, 0.1) is 11.5 Å². The largest absolute Gasteiger partial charge is 0.364 e. The monoisotopic (exact) mass is 252 g/mol. The van der Waals surface area contributed by atoms with Gasteiger partial charge in [0, 0.05) is 29.8 Å². The second-order valence-electron chi connectivity index (χ2n) is 3.65. The minimum Gasteiger partial charge on any atom is -0.364 e. The average Bonchev–Trinajstić information content (AvgIpc) is 2.84. The van der Waals surface area contributed by atoms with Crippen LogP contribution in [0.15, 0.2) is 18.2 Å². The molecule has 0 radical (unpaired) electrons. The van der Waals surface area contributed by atoms with Crippen LogP contribution in [0.2, 0.25) is 0 Å². The highest BCUT2D eigenvalue weighted by molar-refractivity contribution is 7.15. The Kier molecular flexibility index (Phi) is 3.10. The number of hydrogen-bond donors (Lipinski definition) is 1. The van der Waals surface area contributed by atoms with Crippen molar-refractivity contribution in [3.8, 4) is 0 Å². The fourth-order valence-electron chi connectivity index (χ4n) is 1.38. The first-order valence-electron chi connectivity index (χ1n) is 5.04. The Hall–Kier alpha value is -1.89. The topological polar surface area (TPSA) is 73.0 Å². The van der Waals surface area contributed by atoms with E-state index in [4.69, 9.17) is 0 Å². The highest BCUT2D eigenvalue weighted by Gasteiger charge is 2.09. The van der Waals surface area contributed by atoms with E-state index in [1.807, 2.05) is 20.0 Å².